The lowest BCUT2D eigenvalue weighted by Crippen LogP contribution is -1.97. The molecule has 0 aliphatic heterocycles. The van der Waals surface area contributed by atoms with Gasteiger partial charge in [-0.1, -0.05) is 5.10 Å². The van der Waals surface area contributed by atoms with E-state index in [1.54, 1.807) is 11.3 Å². The van der Waals surface area contributed by atoms with Crippen LogP contribution in [0.1, 0.15) is 10.8 Å². The molecule has 1 N–H and O–H groups in total. The normalized spacial score (nSPS) is 10.6. The second-order valence-electron chi connectivity index (χ2n) is 3.00. The first-order valence-corrected chi connectivity index (χ1v) is 6.79. The van der Waals surface area contributed by atoms with Crippen LogP contribution in [-0.2, 0) is 13.0 Å². The Bertz CT molecular complexity index is 459. The third kappa shape index (κ3) is 3.20. The number of anilines is 1. The standard InChI is InChI=1S/C9H9BrClN3OS/c10-7-2-1-6(16-7)5-12-9-14-13-8(15-9)3-4-11/h1-2H,3-5H2,(H,12,14). The highest BCUT2D eigenvalue weighted by Crippen LogP contribution is 2.22. The Morgan fingerprint density at radius 2 is 2.31 bits per heavy atom. The quantitative estimate of drug-likeness (QED) is 0.858. The minimum absolute atomic E-state index is 0.435. The van der Waals surface area contributed by atoms with Crippen molar-refractivity contribution in [3.63, 3.8) is 0 Å². The molecule has 0 aromatic carbocycles. The number of aromatic nitrogens is 2. The molecule has 2 rings (SSSR count). The molecule has 0 fully saturated rings. The number of alkyl halides is 1. The summed E-state index contributed by atoms with van der Waals surface area (Å²) in [7, 11) is 0. The zero-order valence-electron chi connectivity index (χ0n) is 8.24. The van der Waals surface area contributed by atoms with Crippen LogP contribution in [0.4, 0.5) is 6.01 Å². The van der Waals surface area contributed by atoms with Crippen LogP contribution in [0.25, 0.3) is 0 Å². The Morgan fingerprint density at radius 3 is 3.00 bits per heavy atom. The maximum Gasteiger partial charge on any atom is 0.315 e. The first-order valence-electron chi connectivity index (χ1n) is 4.64. The molecule has 0 aliphatic rings. The molecule has 4 nitrogen and oxygen atoms in total. The van der Waals surface area contributed by atoms with Gasteiger partial charge in [0.25, 0.3) is 0 Å². The summed E-state index contributed by atoms with van der Waals surface area (Å²) < 4.78 is 6.44. The van der Waals surface area contributed by atoms with E-state index in [-0.39, 0.29) is 0 Å². The number of thiophene rings is 1. The molecule has 0 saturated carbocycles. The van der Waals surface area contributed by atoms with Crippen molar-refractivity contribution in [3.8, 4) is 0 Å². The lowest BCUT2D eigenvalue weighted by Gasteiger charge is -1.96. The molecule has 0 unspecified atom stereocenters. The summed E-state index contributed by atoms with van der Waals surface area (Å²) in [4.78, 5) is 1.20. The van der Waals surface area contributed by atoms with E-state index in [1.807, 2.05) is 12.1 Å². The van der Waals surface area contributed by atoms with Crippen LogP contribution in [0.3, 0.4) is 0 Å². The van der Waals surface area contributed by atoms with Gasteiger partial charge >= 0.3 is 6.01 Å². The van der Waals surface area contributed by atoms with Gasteiger partial charge in [-0.05, 0) is 28.1 Å². The zero-order valence-corrected chi connectivity index (χ0v) is 11.4. The number of aryl methyl sites for hydroxylation is 1. The van der Waals surface area contributed by atoms with Crippen molar-refractivity contribution in [2.75, 3.05) is 11.2 Å². The van der Waals surface area contributed by atoms with Crippen LogP contribution in [0.2, 0.25) is 0 Å². The van der Waals surface area contributed by atoms with Gasteiger partial charge in [0.05, 0.1) is 10.3 Å². The highest BCUT2D eigenvalue weighted by molar-refractivity contribution is 9.11. The third-order valence-electron chi connectivity index (χ3n) is 1.82. The summed E-state index contributed by atoms with van der Waals surface area (Å²) in [5.41, 5.74) is 0. The summed E-state index contributed by atoms with van der Waals surface area (Å²) >= 11 is 10.6. The minimum Gasteiger partial charge on any atom is -0.408 e. The Balaban J connectivity index is 1.89. The van der Waals surface area contributed by atoms with Crippen molar-refractivity contribution < 1.29 is 4.42 Å². The highest BCUT2D eigenvalue weighted by Gasteiger charge is 2.05. The highest BCUT2D eigenvalue weighted by atomic mass is 79.9. The van der Waals surface area contributed by atoms with E-state index in [0.717, 1.165) is 3.79 Å². The van der Waals surface area contributed by atoms with Crippen LogP contribution in [-0.4, -0.2) is 16.1 Å². The van der Waals surface area contributed by atoms with E-state index in [4.69, 9.17) is 16.0 Å². The zero-order chi connectivity index (χ0) is 11.4. The summed E-state index contributed by atoms with van der Waals surface area (Å²) in [5, 5.41) is 10.8. The second-order valence-corrected chi connectivity index (χ2v) is 5.92. The van der Waals surface area contributed by atoms with Gasteiger partial charge in [-0.3, -0.25) is 0 Å². The first-order chi connectivity index (χ1) is 7.78. The van der Waals surface area contributed by atoms with Crippen molar-refractivity contribution >= 4 is 44.9 Å². The van der Waals surface area contributed by atoms with E-state index >= 15 is 0 Å². The Morgan fingerprint density at radius 1 is 1.44 bits per heavy atom. The number of hydrogen-bond acceptors (Lipinski definition) is 5. The minimum atomic E-state index is 0.435. The Kier molecular flexibility index (Phi) is 4.20. The van der Waals surface area contributed by atoms with Gasteiger partial charge in [0.2, 0.25) is 5.89 Å². The van der Waals surface area contributed by atoms with Crippen molar-refractivity contribution in [1.82, 2.24) is 10.2 Å². The number of nitrogens with zero attached hydrogens (tertiary/aromatic N) is 2. The Labute approximate surface area is 110 Å². The van der Waals surface area contributed by atoms with Gasteiger partial charge < -0.3 is 9.73 Å². The predicted molar refractivity (Wildman–Crippen MR) is 68.1 cm³/mol. The summed E-state index contributed by atoms with van der Waals surface area (Å²) in [6, 6.07) is 4.48. The molecule has 0 radical (unpaired) electrons. The monoisotopic (exact) mass is 321 g/mol. The molecule has 2 aromatic rings. The number of nitrogens with one attached hydrogen (secondary N) is 1. The molecule has 0 amide bonds. The third-order valence-corrected chi connectivity index (χ3v) is 3.63. The molecule has 0 aliphatic carbocycles. The Hall–Kier alpha value is -0.590. The fourth-order valence-corrected chi connectivity index (χ4v) is 2.70. The average molecular weight is 323 g/mol. The van der Waals surface area contributed by atoms with E-state index in [2.05, 4.69) is 31.4 Å². The molecule has 7 heteroatoms. The van der Waals surface area contributed by atoms with E-state index in [9.17, 15) is 0 Å². The lowest BCUT2D eigenvalue weighted by atomic mass is 10.5. The average Bonchev–Trinajstić information content (AvgIpc) is 2.85. The smallest absolute Gasteiger partial charge is 0.315 e. The van der Waals surface area contributed by atoms with Crippen LogP contribution in [0.15, 0.2) is 20.3 Å². The molecule has 0 spiro atoms. The van der Waals surface area contributed by atoms with E-state index in [1.165, 1.54) is 4.88 Å². The fraction of sp³-hybridized carbons (Fsp3) is 0.333. The van der Waals surface area contributed by atoms with Gasteiger partial charge in [-0.15, -0.1) is 28.0 Å². The van der Waals surface area contributed by atoms with Crippen molar-refractivity contribution in [2.45, 2.75) is 13.0 Å². The fourth-order valence-electron chi connectivity index (χ4n) is 1.12. The SMILES string of the molecule is ClCCc1nnc(NCc2ccc(Br)s2)o1. The molecule has 86 valence electrons. The van der Waals surface area contributed by atoms with Crippen LogP contribution >= 0.6 is 38.9 Å². The maximum atomic E-state index is 5.57. The molecule has 0 saturated heterocycles. The molecule has 2 heterocycles. The van der Waals surface area contributed by atoms with Crippen molar-refractivity contribution in [1.29, 1.82) is 0 Å². The summed E-state index contributed by atoms with van der Waals surface area (Å²) in [6.07, 6.45) is 0.598. The van der Waals surface area contributed by atoms with Crippen LogP contribution < -0.4 is 5.32 Å². The summed E-state index contributed by atoms with van der Waals surface area (Å²) in [6.45, 7) is 0.679. The van der Waals surface area contributed by atoms with Crippen molar-refractivity contribution in [3.05, 3.63) is 26.7 Å². The second kappa shape index (κ2) is 5.65. The molecule has 0 atom stereocenters. The van der Waals surface area contributed by atoms with Crippen molar-refractivity contribution in [2.24, 2.45) is 0 Å². The number of rotatable bonds is 5. The molecular weight excluding hydrogens is 314 g/mol. The van der Waals surface area contributed by atoms with Crippen LogP contribution in [0, 0.1) is 0 Å². The maximum absolute atomic E-state index is 5.57. The van der Waals surface area contributed by atoms with Gasteiger partial charge in [-0.25, -0.2) is 0 Å². The molecular formula is C9H9BrClN3OS. The molecule has 0 bridgehead atoms. The van der Waals surface area contributed by atoms with Gasteiger partial charge in [0.15, 0.2) is 0 Å². The van der Waals surface area contributed by atoms with Gasteiger partial charge in [-0.2, -0.15) is 0 Å². The lowest BCUT2D eigenvalue weighted by molar-refractivity contribution is 0.512. The van der Waals surface area contributed by atoms with Gasteiger partial charge in [0, 0.05) is 17.2 Å². The first kappa shape index (κ1) is 11.9. The molecule has 2 aromatic heterocycles. The largest absolute Gasteiger partial charge is 0.408 e. The number of halogens is 2. The summed E-state index contributed by atoms with van der Waals surface area (Å²) in [5.74, 6) is 1.05. The van der Waals surface area contributed by atoms with E-state index < -0.39 is 0 Å². The van der Waals surface area contributed by atoms with Crippen LogP contribution in [0.5, 0.6) is 0 Å². The number of hydrogen-bond donors (Lipinski definition) is 1. The molecule has 16 heavy (non-hydrogen) atoms. The topological polar surface area (TPSA) is 51.0 Å². The van der Waals surface area contributed by atoms with Gasteiger partial charge in [0.1, 0.15) is 0 Å². The van der Waals surface area contributed by atoms with E-state index in [0.29, 0.717) is 30.8 Å². The predicted octanol–water partition coefficient (Wildman–Crippen LogP) is 3.29.